The number of hydrogen-bond donors (Lipinski definition) is 0. The summed E-state index contributed by atoms with van der Waals surface area (Å²) in [6, 6.07) is 63.4. The largest absolute Gasteiger partial charge is 0.435 e. The standard InChI is InChI=1S/C43H30N2O/c1-4-13-31(14-5-1)32-23-27-36(28-24-32)45(41-22-11-10-19-38(41)33-15-6-2-7-16-33)37-29-25-34(26-30-37)39-20-12-21-40-42(39)46-43(44-40)35-17-8-3-9-18-35/h1-30H. The van der Waals surface area contributed by atoms with E-state index < -0.39 is 0 Å². The zero-order chi connectivity index (χ0) is 30.7. The van der Waals surface area contributed by atoms with Gasteiger partial charge >= 0.3 is 0 Å². The van der Waals surface area contributed by atoms with E-state index in [0.717, 1.165) is 44.9 Å². The summed E-state index contributed by atoms with van der Waals surface area (Å²) in [5, 5.41) is 0. The van der Waals surface area contributed by atoms with Crippen LogP contribution in [0.25, 0.3) is 55.9 Å². The van der Waals surface area contributed by atoms with Crippen LogP contribution in [0.3, 0.4) is 0 Å². The van der Waals surface area contributed by atoms with Crippen LogP contribution in [0, 0.1) is 0 Å². The molecule has 0 radical (unpaired) electrons. The summed E-state index contributed by atoms with van der Waals surface area (Å²) in [5.74, 6) is 0.627. The number of benzene rings is 7. The molecule has 0 fully saturated rings. The van der Waals surface area contributed by atoms with Crippen molar-refractivity contribution in [1.82, 2.24) is 4.98 Å². The Morgan fingerprint density at radius 3 is 1.50 bits per heavy atom. The topological polar surface area (TPSA) is 29.3 Å². The van der Waals surface area contributed by atoms with Gasteiger partial charge in [0.25, 0.3) is 0 Å². The van der Waals surface area contributed by atoms with E-state index in [0.29, 0.717) is 5.89 Å². The van der Waals surface area contributed by atoms with Crippen LogP contribution in [-0.4, -0.2) is 4.98 Å². The van der Waals surface area contributed by atoms with Gasteiger partial charge in [0.05, 0.1) is 5.69 Å². The molecule has 0 amide bonds. The molecule has 0 bridgehead atoms. The fraction of sp³-hybridized carbons (Fsp3) is 0. The third kappa shape index (κ3) is 5.25. The number of para-hydroxylation sites is 2. The van der Waals surface area contributed by atoms with Crippen LogP contribution < -0.4 is 4.90 Å². The maximum atomic E-state index is 6.35. The molecule has 1 aromatic heterocycles. The highest BCUT2D eigenvalue weighted by molar-refractivity contribution is 5.93. The van der Waals surface area contributed by atoms with Crippen molar-refractivity contribution in [3.63, 3.8) is 0 Å². The van der Waals surface area contributed by atoms with Crippen LogP contribution in [0.15, 0.2) is 186 Å². The van der Waals surface area contributed by atoms with E-state index in [-0.39, 0.29) is 0 Å². The lowest BCUT2D eigenvalue weighted by Crippen LogP contribution is -2.11. The van der Waals surface area contributed by atoms with Crippen molar-refractivity contribution in [2.24, 2.45) is 0 Å². The zero-order valence-corrected chi connectivity index (χ0v) is 25.1. The highest BCUT2D eigenvalue weighted by atomic mass is 16.3. The molecular weight excluding hydrogens is 560 g/mol. The van der Waals surface area contributed by atoms with Crippen molar-refractivity contribution in [3.8, 4) is 44.8 Å². The summed E-state index contributed by atoms with van der Waals surface area (Å²) in [6.45, 7) is 0. The number of hydrogen-bond acceptors (Lipinski definition) is 3. The summed E-state index contributed by atoms with van der Waals surface area (Å²) in [7, 11) is 0. The highest BCUT2D eigenvalue weighted by Crippen LogP contribution is 2.42. The summed E-state index contributed by atoms with van der Waals surface area (Å²) in [5.41, 5.74) is 12.7. The second-order valence-corrected chi connectivity index (χ2v) is 11.2. The van der Waals surface area contributed by atoms with Crippen LogP contribution in [-0.2, 0) is 0 Å². The molecule has 0 saturated heterocycles. The molecule has 3 heteroatoms. The lowest BCUT2D eigenvalue weighted by molar-refractivity contribution is 0.621. The van der Waals surface area contributed by atoms with Gasteiger partial charge in [-0.3, -0.25) is 0 Å². The zero-order valence-electron chi connectivity index (χ0n) is 25.1. The monoisotopic (exact) mass is 590 g/mol. The fourth-order valence-electron chi connectivity index (χ4n) is 6.06. The summed E-state index contributed by atoms with van der Waals surface area (Å²) in [4.78, 5) is 7.12. The minimum absolute atomic E-state index is 0.627. The molecule has 0 N–H and O–H groups in total. The van der Waals surface area contributed by atoms with E-state index >= 15 is 0 Å². The van der Waals surface area contributed by atoms with Crippen molar-refractivity contribution in [1.29, 1.82) is 0 Å². The maximum Gasteiger partial charge on any atom is 0.227 e. The van der Waals surface area contributed by atoms with Crippen LogP contribution in [0.2, 0.25) is 0 Å². The highest BCUT2D eigenvalue weighted by Gasteiger charge is 2.18. The van der Waals surface area contributed by atoms with Gasteiger partial charge in [-0.05, 0) is 70.8 Å². The second kappa shape index (κ2) is 12.1. The smallest absolute Gasteiger partial charge is 0.227 e. The maximum absolute atomic E-state index is 6.35. The van der Waals surface area contributed by atoms with Gasteiger partial charge in [0.15, 0.2) is 5.58 Å². The number of rotatable bonds is 7. The Kier molecular flexibility index (Phi) is 7.18. The van der Waals surface area contributed by atoms with Crippen LogP contribution in [0.4, 0.5) is 17.1 Å². The summed E-state index contributed by atoms with van der Waals surface area (Å²) >= 11 is 0. The van der Waals surface area contributed by atoms with Crippen LogP contribution in [0.1, 0.15) is 0 Å². The molecule has 0 aliphatic heterocycles. The average molecular weight is 591 g/mol. The molecule has 218 valence electrons. The van der Waals surface area contributed by atoms with Gasteiger partial charge in [-0.2, -0.15) is 0 Å². The Morgan fingerprint density at radius 1 is 0.370 bits per heavy atom. The number of oxazole rings is 1. The quantitative estimate of drug-likeness (QED) is 0.185. The number of fused-ring (bicyclic) bond motifs is 1. The lowest BCUT2D eigenvalue weighted by atomic mass is 10.00. The van der Waals surface area contributed by atoms with Crippen LogP contribution >= 0.6 is 0 Å². The van der Waals surface area contributed by atoms with Crippen LogP contribution in [0.5, 0.6) is 0 Å². The molecule has 0 unspecified atom stereocenters. The molecule has 8 rings (SSSR count). The molecule has 0 atom stereocenters. The average Bonchev–Trinajstić information content (AvgIpc) is 3.59. The van der Waals surface area contributed by atoms with Gasteiger partial charge in [-0.25, -0.2) is 4.98 Å². The van der Waals surface area contributed by atoms with E-state index in [1.54, 1.807) is 0 Å². The molecule has 0 spiro atoms. The number of anilines is 3. The third-order valence-electron chi connectivity index (χ3n) is 8.33. The molecule has 46 heavy (non-hydrogen) atoms. The van der Waals surface area contributed by atoms with E-state index in [1.807, 2.05) is 42.5 Å². The minimum Gasteiger partial charge on any atom is -0.435 e. The first-order valence-corrected chi connectivity index (χ1v) is 15.5. The van der Waals surface area contributed by atoms with E-state index in [4.69, 9.17) is 9.40 Å². The minimum atomic E-state index is 0.627. The van der Waals surface area contributed by atoms with E-state index in [9.17, 15) is 0 Å². The SMILES string of the molecule is c1ccc(-c2ccc(N(c3ccc(-c4cccc5nc(-c6ccccc6)oc45)cc3)c3ccccc3-c3ccccc3)cc2)cc1. The lowest BCUT2D eigenvalue weighted by Gasteiger charge is -2.28. The molecule has 3 nitrogen and oxygen atoms in total. The van der Waals surface area contributed by atoms with Gasteiger partial charge < -0.3 is 9.32 Å². The fourth-order valence-corrected chi connectivity index (χ4v) is 6.06. The Labute approximate surface area is 268 Å². The molecule has 7 aromatic carbocycles. The molecule has 1 heterocycles. The van der Waals surface area contributed by atoms with Crippen molar-refractivity contribution in [2.45, 2.75) is 0 Å². The molecular formula is C43H30N2O. The van der Waals surface area contributed by atoms with E-state index in [1.165, 1.54) is 22.3 Å². The molecule has 0 saturated carbocycles. The van der Waals surface area contributed by atoms with Gasteiger partial charge in [0, 0.05) is 28.1 Å². The Balaban J connectivity index is 1.22. The van der Waals surface area contributed by atoms with Crippen molar-refractivity contribution in [3.05, 3.63) is 182 Å². The second-order valence-electron chi connectivity index (χ2n) is 11.2. The third-order valence-corrected chi connectivity index (χ3v) is 8.33. The van der Waals surface area contributed by atoms with Gasteiger partial charge in [-0.1, -0.05) is 133 Å². The van der Waals surface area contributed by atoms with Gasteiger partial charge in [-0.15, -0.1) is 0 Å². The molecule has 0 aliphatic rings. The van der Waals surface area contributed by atoms with Crippen molar-refractivity contribution in [2.75, 3.05) is 4.90 Å². The van der Waals surface area contributed by atoms with Gasteiger partial charge in [0.1, 0.15) is 5.52 Å². The first-order valence-electron chi connectivity index (χ1n) is 15.5. The van der Waals surface area contributed by atoms with Crippen molar-refractivity contribution >= 4 is 28.2 Å². The first-order chi connectivity index (χ1) is 22.8. The Bertz CT molecular complexity index is 2220. The number of aromatic nitrogens is 1. The van der Waals surface area contributed by atoms with Crippen molar-refractivity contribution < 1.29 is 4.42 Å². The van der Waals surface area contributed by atoms with Gasteiger partial charge in [0.2, 0.25) is 5.89 Å². The predicted molar refractivity (Wildman–Crippen MR) is 190 cm³/mol. The first kappa shape index (κ1) is 27.4. The Hall–Kier alpha value is -6.19. The Morgan fingerprint density at radius 2 is 0.848 bits per heavy atom. The van der Waals surface area contributed by atoms with E-state index in [2.05, 4.69) is 144 Å². The normalized spacial score (nSPS) is 11.0. The molecule has 0 aliphatic carbocycles. The molecule has 8 aromatic rings. The summed E-state index contributed by atoms with van der Waals surface area (Å²) < 4.78 is 6.35. The number of nitrogens with zero attached hydrogens (tertiary/aromatic N) is 2. The summed E-state index contributed by atoms with van der Waals surface area (Å²) in [6.07, 6.45) is 0. The predicted octanol–water partition coefficient (Wildman–Crippen LogP) is 12.0.